The molecule has 11 heavy (non-hydrogen) atoms. The van der Waals surface area contributed by atoms with Gasteiger partial charge in [0, 0.05) is 0 Å². The smallest absolute Gasteiger partial charge is 0.00727 e. The average Bonchev–Trinajstić information content (AvgIpc) is 2.36. The summed E-state index contributed by atoms with van der Waals surface area (Å²) in [6, 6.07) is 0. The molecular weight excluding hydrogens is 132 g/mol. The van der Waals surface area contributed by atoms with Gasteiger partial charge in [-0.05, 0) is 23.8 Å². The fourth-order valence-corrected chi connectivity index (χ4v) is 1.61. The van der Waals surface area contributed by atoms with Gasteiger partial charge in [0.25, 0.3) is 0 Å². The van der Waals surface area contributed by atoms with Crippen LogP contribution in [0, 0.1) is 11.8 Å². The predicted molar refractivity (Wildman–Crippen MR) is 50.5 cm³/mol. The number of rotatable bonds is 3. The van der Waals surface area contributed by atoms with Crippen LogP contribution in [0.3, 0.4) is 0 Å². The van der Waals surface area contributed by atoms with E-state index in [1.165, 1.54) is 12.8 Å². The minimum Gasteiger partial charge on any atom is -0.0776 e. The van der Waals surface area contributed by atoms with Gasteiger partial charge in [0.05, 0.1) is 0 Å². The van der Waals surface area contributed by atoms with Gasteiger partial charge in [0.15, 0.2) is 0 Å². The van der Waals surface area contributed by atoms with Crippen molar-refractivity contribution in [3.8, 4) is 0 Å². The van der Waals surface area contributed by atoms with Crippen LogP contribution in [0.1, 0.15) is 33.6 Å². The molecule has 0 radical (unpaired) electrons. The van der Waals surface area contributed by atoms with Gasteiger partial charge in [-0.3, -0.25) is 0 Å². The third-order valence-corrected chi connectivity index (χ3v) is 2.34. The highest BCUT2D eigenvalue weighted by Gasteiger charge is 2.10. The minimum atomic E-state index is 0.671. The molecule has 0 nitrogen and oxygen atoms in total. The largest absolute Gasteiger partial charge is 0.0776 e. The zero-order chi connectivity index (χ0) is 8.27. The van der Waals surface area contributed by atoms with Crippen LogP contribution in [0.2, 0.25) is 0 Å². The normalized spacial score (nSPS) is 25.4. The number of allylic oxidation sites excluding steroid dienone is 4. The molecule has 62 valence electrons. The molecule has 2 atom stereocenters. The Balaban J connectivity index is 2.48. The van der Waals surface area contributed by atoms with Crippen molar-refractivity contribution in [3.63, 3.8) is 0 Å². The fourth-order valence-electron chi connectivity index (χ4n) is 1.61. The lowest BCUT2D eigenvalue weighted by Gasteiger charge is -2.08. The third-order valence-electron chi connectivity index (χ3n) is 2.34. The molecular formula is C11H18. The van der Waals surface area contributed by atoms with E-state index in [1.807, 2.05) is 0 Å². The zero-order valence-corrected chi connectivity index (χ0v) is 7.80. The van der Waals surface area contributed by atoms with Crippen LogP contribution in [-0.2, 0) is 0 Å². The number of hydrogen-bond donors (Lipinski definition) is 0. The SMILES string of the molecule is CCCC(C)C1=CC(C)C=C1. The van der Waals surface area contributed by atoms with E-state index < -0.39 is 0 Å². The summed E-state index contributed by atoms with van der Waals surface area (Å²) in [5.74, 6) is 1.44. The molecule has 2 unspecified atom stereocenters. The van der Waals surface area contributed by atoms with Gasteiger partial charge < -0.3 is 0 Å². The Labute approximate surface area is 70.0 Å². The van der Waals surface area contributed by atoms with E-state index in [9.17, 15) is 0 Å². The standard InChI is InChI=1S/C11H18/c1-4-5-10(3)11-7-6-9(2)8-11/h6-10H,4-5H2,1-3H3. The Bertz CT molecular complexity index is 174. The van der Waals surface area contributed by atoms with Gasteiger partial charge in [0.1, 0.15) is 0 Å². The fraction of sp³-hybridized carbons (Fsp3) is 0.636. The quantitative estimate of drug-likeness (QED) is 0.577. The highest BCUT2D eigenvalue weighted by atomic mass is 14.2. The van der Waals surface area contributed by atoms with Crippen molar-refractivity contribution in [3.05, 3.63) is 23.8 Å². The van der Waals surface area contributed by atoms with E-state index >= 15 is 0 Å². The third kappa shape index (κ3) is 2.21. The molecule has 0 aromatic rings. The Morgan fingerprint density at radius 2 is 2.27 bits per heavy atom. The first-order valence-corrected chi connectivity index (χ1v) is 4.64. The summed E-state index contributed by atoms with van der Waals surface area (Å²) in [6.07, 6.45) is 9.55. The Kier molecular flexibility index (Phi) is 2.92. The van der Waals surface area contributed by atoms with Crippen LogP contribution in [-0.4, -0.2) is 0 Å². The van der Waals surface area contributed by atoms with Crippen LogP contribution in [0.4, 0.5) is 0 Å². The number of hydrogen-bond acceptors (Lipinski definition) is 0. The summed E-state index contributed by atoms with van der Waals surface area (Å²) < 4.78 is 0. The minimum absolute atomic E-state index is 0.671. The first-order valence-electron chi connectivity index (χ1n) is 4.64. The Morgan fingerprint density at radius 1 is 1.55 bits per heavy atom. The van der Waals surface area contributed by atoms with Crippen molar-refractivity contribution >= 4 is 0 Å². The maximum absolute atomic E-state index is 2.38. The monoisotopic (exact) mass is 150 g/mol. The van der Waals surface area contributed by atoms with Gasteiger partial charge in [-0.2, -0.15) is 0 Å². The molecule has 0 aromatic heterocycles. The van der Waals surface area contributed by atoms with Crippen molar-refractivity contribution in [2.24, 2.45) is 11.8 Å². The van der Waals surface area contributed by atoms with Crippen molar-refractivity contribution in [1.29, 1.82) is 0 Å². The van der Waals surface area contributed by atoms with Crippen LogP contribution in [0.15, 0.2) is 23.8 Å². The second-order valence-electron chi connectivity index (χ2n) is 3.57. The Hall–Kier alpha value is -0.520. The molecule has 0 saturated carbocycles. The molecule has 0 heterocycles. The summed E-state index contributed by atoms with van der Waals surface area (Å²) in [4.78, 5) is 0. The van der Waals surface area contributed by atoms with Gasteiger partial charge in [-0.25, -0.2) is 0 Å². The lowest BCUT2D eigenvalue weighted by atomic mass is 9.97. The van der Waals surface area contributed by atoms with Gasteiger partial charge >= 0.3 is 0 Å². The van der Waals surface area contributed by atoms with E-state index in [0.717, 1.165) is 5.92 Å². The second kappa shape index (κ2) is 3.75. The molecule has 0 aliphatic heterocycles. The Morgan fingerprint density at radius 3 is 2.73 bits per heavy atom. The molecule has 1 aliphatic carbocycles. The van der Waals surface area contributed by atoms with Gasteiger partial charge in [-0.15, -0.1) is 0 Å². The van der Waals surface area contributed by atoms with Gasteiger partial charge in [-0.1, -0.05) is 45.4 Å². The van der Waals surface area contributed by atoms with Crippen molar-refractivity contribution in [2.75, 3.05) is 0 Å². The molecule has 0 aromatic carbocycles. The van der Waals surface area contributed by atoms with Crippen LogP contribution in [0.25, 0.3) is 0 Å². The van der Waals surface area contributed by atoms with E-state index in [-0.39, 0.29) is 0 Å². The van der Waals surface area contributed by atoms with Crippen LogP contribution >= 0.6 is 0 Å². The highest BCUT2D eigenvalue weighted by Crippen LogP contribution is 2.24. The highest BCUT2D eigenvalue weighted by molar-refractivity contribution is 5.29. The molecule has 0 saturated heterocycles. The summed E-state index contributed by atoms with van der Waals surface area (Å²) in [5, 5.41) is 0. The van der Waals surface area contributed by atoms with Crippen LogP contribution in [0.5, 0.6) is 0 Å². The van der Waals surface area contributed by atoms with E-state index in [0.29, 0.717) is 5.92 Å². The van der Waals surface area contributed by atoms with Crippen LogP contribution < -0.4 is 0 Å². The topological polar surface area (TPSA) is 0 Å². The summed E-state index contributed by atoms with van der Waals surface area (Å²) in [5.41, 5.74) is 1.54. The summed E-state index contributed by atoms with van der Waals surface area (Å²) in [7, 11) is 0. The van der Waals surface area contributed by atoms with E-state index in [4.69, 9.17) is 0 Å². The van der Waals surface area contributed by atoms with Gasteiger partial charge in [0.2, 0.25) is 0 Å². The molecule has 0 spiro atoms. The first kappa shape index (κ1) is 8.58. The van der Waals surface area contributed by atoms with Crippen molar-refractivity contribution in [1.82, 2.24) is 0 Å². The summed E-state index contributed by atoms with van der Waals surface area (Å²) in [6.45, 7) is 6.80. The second-order valence-corrected chi connectivity index (χ2v) is 3.57. The molecule has 1 aliphatic rings. The summed E-state index contributed by atoms with van der Waals surface area (Å²) >= 11 is 0. The lowest BCUT2D eigenvalue weighted by Crippen LogP contribution is -1.94. The molecule has 0 heteroatoms. The molecule has 0 amide bonds. The van der Waals surface area contributed by atoms with Crippen molar-refractivity contribution < 1.29 is 0 Å². The molecule has 0 fully saturated rings. The lowest BCUT2D eigenvalue weighted by molar-refractivity contribution is 0.612. The maximum atomic E-state index is 2.38. The zero-order valence-electron chi connectivity index (χ0n) is 7.80. The predicted octanol–water partition coefficient (Wildman–Crippen LogP) is 3.55. The molecule has 1 rings (SSSR count). The van der Waals surface area contributed by atoms with E-state index in [1.54, 1.807) is 5.57 Å². The van der Waals surface area contributed by atoms with Crippen molar-refractivity contribution in [2.45, 2.75) is 33.6 Å². The van der Waals surface area contributed by atoms with E-state index in [2.05, 4.69) is 39.0 Å². The average molecular weight is 150 g/mol. The molecule has 0 bridgehead atoms. The first-order chi connectivity index (χ1) is 5.24. The molecule has 0 N–H and O–H groups in total. The maximum Gasteiger partial charge on any atom is -0.00727 e.